The Morgan fingerprint density at radius 1 is 1.43 bits per heavy atom. The van der Waals surface area contributed by atoms with E-state index in [4.69, 9.17) is 0 Å². The maximum Gasteiger partial charge on any atom is 0.0857 e. The summed E-state index contributed by atoms with van der Waals surface area (Å²) in [5.74, 6) is 0.713. The lowest BCUT2D eigenvalue weighted by atomic mass is 9.53. The fourth-order valence-corrected chi connectivity index (χ4v) is 4.15. The topological polar surface area (TPSA) is 23.8 Å². The Morgan fingerprint density at radius 3 is 2.36 bits per heavy atom. The summed E-state index contributed by atoms with van der Waals surface area (Å²) in [6.07, 6.45) is 5.62. The van der Waals surface area contributed by atoms with Gasteiger partial charge in [-0.3, -0.25) is 0 Å². The van der Waals surface area contributed by atoms with Crippen LogP contribution >= 0.6 is 0 Å². The Kier molecular flexibility index (Phi) is 1.69. The van der Waals surface area contributed by atoms with E-state index in [1.807, 2.05) is 6.08 Å². The van der Waals surface area contributed by atoms with Gasteiger partial charge in [0.15, 0.2) is 0 Å². The van der Waals surface area contributed by atoms with Crippen LogP contribution in [0.2, 0.25) is 0 Å². The van der Waals surface area contributed by atoms with Gasteiger partial charge in [0.1, 0.15) is 0 Å². The smallest absolute Gasteiger partial charge is 0.0857 e. The quantitative estimate of drug-likeness (QED) is 0.579. The number of nitriles is 1. The Morgan fingerprint density at radius 2 is 2.07 bits per heavy atom. The predicted molar refractivity (Wildman–Crippen MR) is 57.5 cm³/mol. The van der Waals surface area contributed by atoms with E-state index in [0.717, 1.165) is 0 Å². The van der Waals surface area contributed by atoms with Crippen molar-refractivity contribution >= 4 is 0 Å². The molecule has 0 radical (unpaired) electrons. The average Bonchev–Trinajstić information content (AvgIpc) is 2.57. The number of allylic oxidation sites excluding steroid dienone is 1. The zero-order valence-electron chi connectivity index (χ0n) is 9.43. The van der Waals surface area contributed by atoms with Crippen molar-refractivity contribution in [3.8, 4) is 6.07 Å². The largest absolute Gasteiger partial charge is 0.197 e. The second-order valence-electron chi connectivity index (χ2n) is 5.85. The molecule has 0 amide bonds. The lowest BCUT2D eigenvalue weighted by Gasteiger charge is -2.47. The van der Waals surface area contributed by atoms with Crippen LogP contribution in [-0.4, -0.2) is 0 Å². The lowest BCUT2D eigenvalue weighted by molar-refractivity contribution is 0.0509. The number of hydrogen-bond acceptors (Lipinski definition) is 1. The molecule has 0 unspecified atom stereocenters. The molecule has 76 valence electrons. The number of nitrogens with zero attached hydrogens (tertiary/aromatic N) is 1. The van der Waals surface area contributed by atoms with Gasteiger partial charge in [0.25, 0.3) is 0 Å². The van der Waals surface area contributed by atoms with Crippen molar-refractivity contribution in [2.45, 2.75) is 40.0 Å². The molecule has 1 heteroatoms. The number of rotatable bonds is 1. The predicted octanol–water partition coefficient (Wildman–Crippen LogP) is 3.53. The minimum Gasteiger partial charge on any atom is -0.197 e. The second-order valence-corrected chi connectivity index (χ2v) is 5.85. The Balaban J connectivity index is 2.60. The molecule has 1 nitrogen and oxygen atoms in total. The summed E-state index contributed by atoms with van der Waals surface area (Å²) in [4.78, 5) is 0. The third-order valence-corrected chi connectivity index (χ3v) is 5.21. The average molecular weight is 189 g/mol. The minimum atomic E-state index is -0.303. The standard InChI is InChI=1S/C13H19N/c1-5-13(9-14)11(2,3)10-6-7-12(13,4)8-10/h5,10H,1,6-8H2,2-4H3/t10-,12+,13+/m0/s1. The number of fused-ring (bicyclic) bond motifs is 2. The first kappa shape index (κ1) is 9.77. The van der Waals surface area contributed by atoms with Gasteiger partial charge in [-0.2, -0.15) is 5.26 Å². The lowest BCUT2D eigenvalue weighted by Crippen LogP contribution is -2.45. The highest BCUT2D eigenvalue weighted by molar-refractivity contribution is 5.30. The first-order valence-electron chi connectivity index (χ1n) is 5.48. The van der Waals surface area contributed by atoms with Gasteiger partial charge in [0.05, 0.1) is 11.5 Å². The number of hydrogen-bond donors (Lipinski definition) is 0. The van der Waals surface area contributed by atoms with Crippen LogP contribution in [0.1, 0.15) is 40.0 Å². The third-order valence-electron chi connectivity index (χ3n) is 5.21. The van der Waals surface area contributed by atoms with Crippen LogP contribution < -0.4 is 0 Å². The van der Waals surface area contributed by atoms with Gasteiger partial charge >= 0.3 is 0 Å². The molecule has 0 heterocycles. The first-order valence-corrected chi connectivity index (χ1v) is 5.48. The van der Waals surface area contributed by atoms with Gasteiger partial charge in [-0.15, -0.1) is 6.58 Å². The van der Waals surface area contributed by atoms with Crippen LogP contribution in [0.15, 0.2) is 12.7 Å². The van der Waals surface area contributed by atoms with Crippen LogP contribution in [0.3, 0.4) is 0 Å². The summed E-state index contributed by atoms with van der Waals surface area (Å²) < 4.78 is 0. The summed E-state index contributed by atoms with van der Waals surface area (Å²) in [6.45, 7) is 10.7. The first-order chi connectivity index (χ1) is 6.43. The van der Waals surface area contributed by atoms with E-state index in [2.05, 4.69) is 33.4 Å². The van der Waals surface area contributed by atoms with E-state index in [-0.39, 0.29) is 16.2 Å². The van der Waals surface area contributed by atoms with Gasteiger partial charge in [0, 0.05) is 0 Å². The normalized spacial score (nSPS) is 48.9. The van der Waals surface area contributed by atoms with Crippen molar-refractivity contribution in [1.82, 2.24) is 0 Å². The van der Waals surface area contributed by atoms with Crippen LogP contribution in [-0.2, 0) is 0 Å². The Hall–Kier alpha value is -0.770. The van der Waals surface area contributed by atoms with Crippen LogP contribution in [0.25, 0.3) is 0 Å². The third kappa shape index (κ3) is 0.726. The molecule has 2 fully saturated rings. The van der Waals surface area contributed by atoms with Crippen LogP contribution in [0.4, 0.5) is 0 Å². The van der Waals surface area contributed by atoms with E-state index in [0.29, 0.717) is 5.92 Å². The monoisotopic (exact) mass is 189 g/mol. The molecule has 0 saturated heterocycles. The zero-order valence-corrected chi connectivity index (χ0v) is 9.43. The molecule has 0 spiro atoms. The molecular weight excluding hydrogens is 170 g/mol. The van der Waals surface area contributed by atoms with Gasteiger partial charge in [-0.1, -0.05) is 26.8 Å². The maximum absolute atomic E-state index is 9.52. The second kappa shape index (κ2) is 2.42. The highest BCUT2D eigenvalue weighted by Gasteiger charge is 2.67. The molecular formula is C13H19N. The van der Waals surface area contributed by atoms with Crippen molar-refractivity contribution in [3.05, 3.63) is 12.7 Å². The summed E-state index contributed by atoms with van der Waals surface area (Å²) in [6, 6.07) is 2.57. The van der Waals surface area contributed by atoms with Crippen LogP contribution in [0, 0.1) is 33.5 Å². The summed E-state index contributed by atoms with van der Waals surface area (Å²) in [5.41, 5.74) is -0.0168. The molecule has 0 aliphatic heterocycles. The van der Waals surface area contributed by atoms with Gasteiger partial charge < -0.3 is 0 Å². The molecule has 0 aromatic heterocycles. The van der Waals surface area contributed by atoms with Gasteiger partial charge in [0.2, 0.25) is 0 Å². The molecule has 0 aromatic rings. The SMILES string of the molecule is C=C[C@@]1(C#N)C(C)(C)[C@H]2CC[C@]1(C)C2. The van der Waals surface area contributed by atoms with Crippen molar-refractivity contribution in [1.29, 1.82) is 5.26 Å². The molecule has 0 aromatic carbocycles. The van der Waals surface area contributed by atoms with Gasteiger partial charge in [-0.25, -0.2) is 0 Å². The molecule has 0 N–H and O–H groups in total. The molecule has 2 aliphatic carbocycles. The minimum absolute atomic E-state index is 0.108. The van der Waals surface area contributed by atoms with E-state index in [9.17, 15) is 5.26 Å². The van der Waals surface area contributed by atoms with E-state index < -0.39 is 0 Å². The van der Waals surface area contributed by atoms with E-state index >= 15 is 0 Å². The molecule has 3 atom stereocenters. The molecule has 14 heavy (non-hydrogen) atoms. The van der Waals surface area contributed by atoms with Gasteiger partial charge in [-0.05, 0) is 36.0 Å². The fraction of sp³-hybridized carbons (Fsp3) is 0.769. The van der Waals surface area contributed by atoms with E-state index in [1.54, 1.807) is 0 Å². The van der Waals surface area contributed by atoms with Crippen molar-refractivity contribution in [3.63, 3.8) is 0 Å². The van der Waals surface area contributed by atoms with Crippen molar-refractivity contribution < 1.29 is 0 Å². The fourth-order valence-electron chi connectivity index (χ4n) is 4.15. The van der Waals surface area contributed by atoms with Crippen LogP contribution in [0.5, 0.6) is 0 Å². The highest BCUT2D eigenvalue weighted by Crippen LogP contribution is 2.72. The highest BCUT2D eigenvalue weighted by atomic mass is 14.7. The van der Waals surface area contributed by atoms with Crippen molar-refractivity contribution in [2.75, 3.05) is 0 Å². The summed E-state index contributed by atoms with van der Waals surface area (Å²) in [5, 5.41) is 9.52. The zero-order chi connectivity index (χ0) is 10.6. The molecule has 2 saturated carbocycles. The Labute approximate surface area is 86.8 Å². The summed E-state index contributed by atoms with van der Waals surface area (Å²) >= 11 is 0. The Bertz CT molecular complexity index is 316. The van der Waals surface area contributed by atoms with E-state index in [1.165, 1.54) is 19.3 Å². The summed E-state index contributed by atoms with van der Waals surface area (Å²) in [7, 11) is 0. The maximum atomic E-state index is 9.52. The molecule has 2 rings (SSSR count). The molecule has 2 bridgehead atoms. The molecule has 2 aliphatic rings. The van der Waals surface area contributed by atoms with Crippen molar-refractivity contribution in [2.24, 2.45) is 22.2 Å².